The number of hydrogen-bond acceptors (Lipinski definition) is 4. The first-order valence-electron chi connectivity index (χ1n) is 7.74. The lowest BCUT2D eigenvalue weighted by atomic mass is 10.1. The van der Waals surface area contributed by atoms with Crippen LogP contribution in [0.15, 0.2) is 18.2 Å². The molecule has 2 heterocycles. The summed E-state index contributed by atoms with van der Waals surface area (Å²) < 4.78 is 0. The Hall–Kier alpha value is -1.59. The summed E-state index contributed by atoms with van der Waals surface area (Å²) >= 11 is 0. The average Bonchev–Trinajstić information content (AvgIpc) is 3.10. The topological polar surface area (TPSA) is 47.6 Å². The van der Waals surface area contributed by atoms with Gasteiger partial charge in [0.2, 0.25) is 5.91 Å². The van der Waals surface area contributed by atoms with E-state index >= 15 is 0 Å². The Bertz CT molecular complexity index is 525. The molecule has 1 amide bonds. The van der Waals surface area contributed by atoms with Gasteiger partial charge in [-0.15, -0.1) is 0 Å². The highest BCUT2D eigenvalue weighted by molar-refractivity contribution is 6.03. The molecule has 3 rings (SSSR count). The van der Waals surface area contributed by atoms with Gasteiger partial charge in [-0.05, 0) is 45.1 Å². The zero-order valence-corrected chi connectivity index (χ0v) is 12.9. The lowest BCUT2D eigenvalue weighted by Crippen LogP contribution is -2.31. The number of anilines is 2. The fourth-order valence-corrected chi connectivity index (χ4v) is 3.20. The molecule has 2 aliphatic heterocycles. The summed E-state index contributed by atoms with van der Waals surface area (Å²) in [6.07, 6.45) is 2.67. The number of rotatable bonds is 5. The van der Waals surface area contributed by atoms with Gasteiger partial charge in [-0.1, -0.05) is 6.07 Å². The van der Waals surface area contributed by atoms with Gasteiger partial charge in [0, 0.05) is 37.1 Å². The first-order valence-corrected chi connectivity index (χ1v) is 7.74. The van der Waals surface area contributed by atoms with Crippen molar-refractivity contribution < 1.29 is 4.79 Å². The molecular weight excluding hydrogens is 264 g/mol. The Kier molecular flexibility index (Phi) is 4.12. The van der Waals surface area contributed by atoms with E-state index in [1.165, 1.54) is 25.9 Å². The lowest BCUT2D eigenvalue weighted by molar-refractivity contribution is -0.117. The summed E-state index contributed by atoms with van der Waals surface area (Å²) in [6, 6.07) is 6.02. The second-order valence-electron chi connectivity index (χ2n) is 5.95. The summed E-state index contributed by atoms with van der Waals surface area (Å²) in [5, 5.41) is 6.00. The first kappa shape index (κ1) is 14.4. The van der Waals surface area contributed by atoms with Crippen LogP contribution in [0.25, 0.3) is 0 Å². The molecule has 1 saturated heterocycles. The number of benzene rings is 1. The summed E-state index contributed by atoms with van der Waals surface area (Å²) in [5.41, 5.74) is 3.13. The minimum atomic E-state index is -0.219. The molecule has 0 radical (unpaired) electrons. The average molecular weight is 288 g/mol. The van der Waals surface area contributed by atoms with Gasteiger partial charge in [0.1, 0.15) is 6.04 Å². The molecule has 1 unspecified atom stereocenters. The number of likely N-dealkylation sites (N-methyl/N-ethyl adjacent to an activating group) is 2. The van der Waals surface area contributed by atoms with Crippen molar-refractivity contribution in [2.45, 2.75) is 18.9 Å². The standard InChI is InChI=1S/C16H24N4O/c1-17-15-13-6-5-12(11-14(13)18-16(15)21)19(2)9-10-20-7-3-4-8-20/h5-6,11,15,17H,3-4,7-10H2,1-2H3,(H,18,21). The lowest BCUT2D eigenvalue weighted by Gasteiger charge is -2.23. The Morgan fingerprint density at radius 1 is 1.38 bits per heavy atom. The molecule has 5 heteroatoms. The van der Waals surface area contributed by atoms with E-state index in [0.29, 0.717) is 0 Å². The van der Waals surface area contributed by atoms with Crippen molar-refractivity contribution in [1.82, 2.24) is 10.2 Å². The SMILES string of the molecule is CNC1C(=O)Nc2cc(N(C)CCN3CCCC3)ccc21. The van der Waals surface area contributed by atoms with Gasteiger partial charge in [0.15, 0.2) is 0 Å². The van der Waals surface area contributed by atoms with Gasteiger partial charge in [0.25, 0.3) is 0 Å². The van der Waals surface area contributed by atoms with E-state index in [9.17, 15) is 4.79 Å². The molecule has 1 aromatic carbocycles. The van der Waals surface area contributed by atoms with Crippen LogP contribution >= 0.6 is 0 Å². The van der Waals surface area contributed by atoms with E-state index in [0.717, 1.165) is 30.0 Å². The van der Waals surface area contributed by atoms with Crippen molar-refractivity contribution in [3.05, 3.63) is 23.8 Å². The molecule has 5 nitrogen and oxygen atoms in total. The Labute approximate surface area is 126 Å². The van der Waals surface area contributed by atoms with E-state index in [1.807, 2.05) is 7.05 Å². The van der Waals surface area contributed by atoms with Gasteiger partial charge >= 0.3 is 0 Å². The summed E-state index contributed by atoms with van der Waals surface area (Å²) in [7, 11) is 3.93. The van der Waals surface area contributed by atoms with Gasteiger partial charge in [0.05, 0.1) is 0 Å². The minimum absolute atomic E-state index is 0.0318. The molecule has 1 fully saturated rings. The molecule has 0 bridgehead atoms. The van der Waals surface area contributed by atoms with Gasteiger partial charge in [-0.2, -0.15) is 0 Å². The number of fused-ring (bicyclic) bond motifs is 1. The Balaban J connectivity index is 1.66. The van der Waals surface area contributed by atoms with Crippen molar-refractivity contribution in [1.29, 1.82) is 0 Å². The molecule has 21 heavy (non-hydrogen) atoms. The van der Waals surface area contributed by atoms with Crippen LogP contribution in [-0.4, -0.2) is 51.1 Å². The molecule has 2 N–H and O–H groups in total. The van der Waals surface area contributed by atoms with Crippen LogP contribution in [0.5, 0.6) is 0 Å². The van der Waals surface area contributed by atoms with Crippen LogP contribution in [0.4, 0.5) is 11.4 Å². The molecule has 0 aliphatic carbocycles. The second-order valence-corrected chi connectivity index (χ2v) is 5.95. The Morgan fingerprint density at radius 2 is 2.14 bits per heavy atom. The van der Waals surface area contributed by atoms with Crippen LogP contribution < -0.4 is 15.5 Å². The highest BCUT2D eigenvalue weighted by Crippen LogP contribution is 2.33. The molecule has 0 spiro atoms. The number of carbonyl (C=O) groups excluding carboxylic acids is 1. The maximum atomic E-state index is 11.8. The zero-order chi connectivity index (χ0) is 14.8. The predicted molar refractivity (Wildman–Crippen MR) is 85.8 cm³/mol. The van der Waals surface area contributed by atoms with E-state index in [1.54, 1.807) is 0 Å². The fraction of sp³-hybridized carbons (Fsp3) is 0.562. The van der Waals surface area contributed by atoms with E-state index in [2.05, 4.69) is 45.7 Å². The molecule has 0 saturated carbocycles. The van der Waals surface area contributed by atoms with Gasteiger partial charge < -0.3 is 20.4 Å². The molecule has 2 aliphatic rings. The fourth-order valence-electron chi connectivity index (χ4n) is 3.20. The van der Waals surface area contributed by atoms with Gasteiger partial charge in [-0.3, -0.25) is 4.79 Å². The molecule has 0 aromatic heterocycles. The van der Waals surface area contributed by atoms with Crippen LogP contribution in [0.2, 0.25) is 0 Å². The van der Waals surface area contributed by atoms with Crippen molar-refractivity contribution in [2.75, 3.05) is 50.5 Å². The predicted octanol–water partition coefficient (Wildman–Crippen LogP) is 1.43. The van der Waals surface area contributed by atoms with Crippen molar-refractivity contribution in [3.63, 3.8) is 0 Å². The van der Waals surface area contributed by atoms with E-state index in [4.69, 9.17) is 0 Å². The maximum absolute atomic E-state index is 11.8. The second kappa shape index (κ2) is 6.03. The summed E-state index contributed by atoms with van der Waals surface area (Å²) in [4.78, 5) is 16.6. The number of nitrogens with zero attached hydrogens (tertiary/aromatic N) is 2. The van der Waals surface area contributed by atoms with Crippen LogP contribution in [-0.2, 0) is 4.79 Å². The highest BCUT2D eigenvalue weighted by Gasteiger charge is 2.29. The number of likely N-dealkylation sites (tertiary alicyclic amines) is 1. The molecule has 1 aromatic rings. The maximum Gasteiger partial charge on any atom is 0.246 e. The quantitative estimate of drug-likeness (QED) is 0.860. The number of amides is 1. The first-order chi connectivity index (χ1) is 10.2. The summed E-state index contributed by atoms with van der Waals surface area (Å²) in [6.45, 7) is 4.59. The van der Waals surface area contributed by atoms with Crippen molar-refractivity contribution in [3.8, 4) is 0 Å². The van der Waals surface area contributed by atoms with E-state index in [-0.39, 0.29) is 11.9 Å². The normalized spacial score (nSPS) is 21.4. The third-order valence-corrected chi connectivity index (χ3v) is 4.55. The number of nitrogens with one attached hydrogen (secondary N) is 2. The van der Waals surface area contributed by atoms with Crippen LogP contribution in [0.3, 0.4) is 0 Å². The van der Waals surface area contributed by atoms with Crippen molar-refractivity contribution >= 4 is 17.3 Å². The molecule has 1 atom stereocenters. The highest BCUT2D eigenvalue weighted by atomic mass is 16.2. The smallest absolute Gasteiger partial charge is 0.246 e. The molecular formula is C16H24N4O. The Morgan fingerprint density at radius 3 is 2.86 bits per heavy atom. The van der Waals surface area contributed by atoms with E-state index < -0.39 is 0 Å². The largest absolute Gasteiger partial charge is 0.373 e. The van der Waals surface area contributed by atoms with Crippen LogP contribution in [0.1, 0.15) is 24.4 Å². The number of hydrogen-bond donors (Lipinski definition) is 2. The van der Waals surface area contributed by atoms with Gasteiger partial charge in [-0.25, -0.2) is 0 Å². The monoisotopic (exact) mass is 288 g/mol. The number of carbonyl (C=O) groups is 1. The minimum Gasteiger partial charge on any atom is -0.373 e. The molecule has 114 valence electrons. The third-order valence-electron chi connectivity index (χ3n) is 4.55. The van der Waals surface area contributed by atoms with Crippen molar-refractivity contribution in [2.24, 2.45) is 0 Å². The zero-order valence-electron chi connectivity index (χ0n) is 12.9. The summed E-state index contributed by atoms with van der Waals surface area (Å²) in [5.74, 6) is 0.0318. The van der Waals surface area contributed by atoms with Crippen LogP contribution in [0, 0.1) is 0 Å². The third kappa shape index (κ3) is 2.89.